The summed E-state index contributed by atoms with van der Waals surface area (Å²) in [6.45, 7) is 5.41. The van der Waals surface area contributed by atoms with E-state index in [1.165, 1.54) is 0 Å². The van der Waals surface area contributed by atoms with Gasteiger partial charge in [-0.3, -0.25) is 4.79 Å². The maximum absolute atomic E-state index is 11.9. The smallest absolute Gasteiger partial charge is 0.222 e. The van der Waals surface area contributed by atoms with E-state index in [4.69, 9.17) is 0 Å². The summed E-state index contributed by atoms with van der Waals surface area (Å²) in [5, 5.41) is 9.17. The van der Waals surface area contributed by atoms with Crippen molar-refractivity contribution in [3.05, 3.63) is 35.9 Å². The van der Waals surface area contributed by atoms with E-state index in [9.17, 15) is 10.1 Å². The molecule has 0 radical (unpaired) electrons. The molecule has 0 heterocycles. The Balaban J connectivity index is 2.56. The molecule has 0 aliphatic carbocycles. The van der Waals surface area contributed by atoms with Crippen LogP contribution in [0.15, 0.2) is 30.3 Å². The molecule has 0 aromatic heterocycles. The number of nitrogens with zero attached hydrogens (tertiary/aromatic N) is 2. The lowest BCUT2D eigenvalue weighted by molar-refractivity contribution is -0.130. The Labute approximate surface area is 109 Å². The zero-order valence-corrected chi connectivity index (χ0v) is 11.1. The molecule has 0 aliphatic heterocycles. The first-order valence-electron chi connectivity index (χ1n) is 6.45. The van der Waals surface area contributed by atoms with Crippen molar-refractivity contribution in [2.75, 3.05) is 13.1 Å². The van der Waals surface area contributed by atoms with E-state index in [2.05, 4.69) is 6.07 Å². The fraction of sp³-hybridized carbons (Fsp3) is 0.467. The summed E-state index contributed by atoms with van der Waals surface area (Å²) >= 11 is 0. The van der Waals surface area contributed by atoms with Crippen molar-refractivity contribution in [3.63, 3.8) is 0 Å². The van der Waals surface area contributed by atoms with Gasteiger partial charge in [0.2, 0.25) is 5.91 Å². The van der Waals surface area contributed by atoms with Crippen LogP contribution in [0, 0.1) is 11.3 Å². The van der Waals surface area contributed by atoms with E-state index in [-0.39, 0.29) is 11.8 Å². The average Bonchev–Trinajstić information content (AvgIpc) is 2.42. The first-order chi connectivity index (χ1) is 8.72. The standard InChI is InChI=1S/C15H20N2O/c1-3-17(4-2)15(18)11-10-14(12-16)13-8-6-5-7-9-13/h5-9,14H,3-4,10-11H2,1-2H3. The Hall–Kier alpha value is -1.82. The lowest BCUT2D eigenvalue weighted by Gasteiger charge is -2.19. The van der Waals surface area contributed by atoms with E-state index in [1.54, 1.807) is 4.90 Å². The summed E-state index contributed by atoms with van der Waals surface area (Å²) in [4.78, 5) is 13.7. The maximum atomic E-state index is 11.9. The second-order valence-corrected chi connectivity index (χ2v) is 4.20. The van der Waals surface area contributed by atoms with Gasteiger partial charge in [0.1, 0.15) is 0 Å². The molecule has 0 saturated carbocycles. The quantitative estimate of drug-likeness (QED) is 0.772. The van der Waals surface area contributed by atoms with Crippen molar-refractivity contribution < 1.29 is 4.79 Å². The monoisotopic (exact) mass is 244 g/mol. The summed E-state index contributed by atoms with van der Waals surface area (Å²) in [5.74, 6) is -0.0538. The summed E-state index contributed by atoms with van der Waals surface area (Å²) < 4.78 is 0. The molecule has 96 valence electrons. The summed E-state index contributed by atoms with van der Waals surface area (Å²) in [7, 11) is 0. The molecule has 3 nitrogen and oxygen atoms in total. The third-order valence-electron chi connectivity index (χ3n) is 3.12. The van der Waals surface area contributed by atoms with Crippen LogP contribution in [0.4, 0.5) is 0 Å². The van der Waals surface area contributed by atoms with Gasteiger partial charge in [0.05, 0.1) is 12.0 Å². The van der Waals surface area contributed by atoms with Crippen molar-refractivity contribution in [1.29, 1.82) is 5.26 Å². The zero-order chi connectivity index (χ0) is 13.4. The van der Waals surface area contributed by atoms with Crippen LogP contribution in [0.1, 0.15) is 38.2 Å². The predicted molar refractivity (Wildman–Crippen MR) is 72.0 cm³/mol. The molecule has 1 unspecified atom stereocenters. The Morgan fingerprint density at radius 2 is 1.89 bits per heavy atom. The van der Waals surface area contributed by atoms with Gasteiger partial charge < -0.3 is 4.90 Å². The van der Waals surface area contributed by atoms with Crippen molar-refractivity contribution in [3.8, 4) is 6.07 Å². The summed E-state index contributed by atoms with van der Waals surface area (Å²) in [6, 6.07) is 11.9. The van der Waals surface area contributed by atoms with Gasteiger partial charge in [-0.1, -0.05) is 30.3 Å². The van der Waals surface area contributed by atoms with Crippen LogP contribution in [0.3, 0.4) is 0 Å². The SMILES string of the molecule is CCN(CC)C(=O)CCC(C#N)c1ccccc1. The van der Waals surface area contributed by atoms with Crippen LogP contribution < -0.4 is 0 Å². The van der Waals surface area contributed by atoms with Crippen LogP contribution >= 0.6 is 0 Å². The molecule has 1 rings (SSSR count). The van der Waals surface area contributed by atoms with Crippen molar-refractivity contribution in [2.45, 2.75) is 32.6 Å². The number of rotatable bonds is 6. The Morgan fingerprint density at radius 3 is 2.39 bits per heavy atom. The van der Waals surface area contributed by atoms with E-state index < -0.39 is 0 Å². The molecule has 1 atom stereocenters. The molecule has 1 amide bonds. The number of carbonyl (C=O) groups is 1. The second kappa shape index (κ2) is 7.50. The van der Waals surface area contributed by atoms with E-state index in [1.807, 2.05) is 44.2 Å². The normalized spacial score (nSPS) is 11.6. The highest BCUT2D eigenvalue weighted by atomic mass is 16.2. The largest absolute Gasteiger partial charge is 0.343 e. The molecule has 1 aromatic rings. The first kappa shape index (κ1) is 14.2. The van der Waals surface area contributed by atoms with Crippen LogP contribution in [0.2, 0.25) is 0 Å². The molecular weight excluding hydrogens is 224 g/mol. The fourth-order valence-corrected chi connectivity index (χ4v) is 1.99. The number of amides is 1. The minimum absolute atomic E-state index is 0.135. The number of carbonyl (C=O) groups excluding carboxylic acids is 1. The number of hydrogen-bond donors (Lipinski definition) is 0. The van der Waals surface area contributed by atoms with Gasteiger partial charge in [0, 0.05) is 19.5 Å². The van der Waals surface area contributed by atoms with Gasteiger partial charge in [0.25, 0.3) is 0 Å². The molecule has 0 aliphatic rings. The van der Waals surface area contributed by atoms with Crippen molar-refractivity contribution in [2.24, 2.45) is 0 Å². The van der Waals surface area contributed by atoms with Gasteiger partial charge in [-0.05, 0) is 25.8 Å². The van der Waals surface area contributed by atoms with Crippen molar-refractivity contribution >= 4 is 5.91 Å². The molecular formula is C15H20N2O. The molecule has 0 N–H and O–H groups in total. The van der Waals surface area contributed by atoms with Gasteiger partial charge in [-0.2, -0.15) is 5.26 Å². The zero-order valence-electron chi connectivity index (χ0n) is 11.1. The Morgan fingerprint density at radius 1 is 1.28 bits per heavy atom. The van der Waals surface area contributed by atoms with Crippen LogP contribution in [-0.2, 0) is 4.79 Å². The van der Waals surface area contributed by atoms with Crippen LogP contribution in [0.5, 0.6) is 0 Å². The van der Waals surface area contributed by atoms with Gasteiger partial charge in [-0.25, -0.2) is 0 Å². The molecule has 1 aromatic carbocycles. The molecule has 3 heteroatoms. The van der Waals surface area contributed by atoms with E-state index >= 15 is 0 Å². The second-order valence-electron chi connectivity index (χ2n) is 4.20. The summed E-state index contributed by atoms with van der Waals surface area (Å²) in [6.07, 6.45) is 1.03. The highest BCUT2D eigenvalue weighted by Gasteiger charge is 2.15. The average molecular weight is 244 g/mol. The molecule has 0 saturated heterocycles. The van der Waals surface area contributed by atoms with E-state index in [0.717, 1.165) is 18.7 Å². The molecule has 18 heavy (non-hydrogen) atoms. The molecule has 0 bridgehead atoms. The molecule has 0 fully saturated rings. The highest BCUT2D eigenvalue weighted by Crippen LogP contribution is 2.20. The van der Waals surface area contributed by atoms with Gasteiger partial charge in [0.15, 0.2) is 0 Å². The lowest BCUT2D eigenvalue weighted by Crippen LogP contribution is -2.30. The number of hydrogen-bond acceptors (Lipinski definition) is 2. The van der Waals surface area contributed by atoms with Gasteiger partial charge in [-0.15, -0.1) is 0 Å². The van der Waals surface area contributed by atoms with Crippen molar-refractivity contribution in [1.82, 2.24) is 4.90 Å². The molecule has 0 spiro atoms. The first-order valence-corrected chi connectivity index (χ1v) is 6.45. The van der Waals surface area contributed by atoms with Crippen LogP contribution in [-0.4, -0.2) is 23.9 Å². The summed E-state index contributed by atoms with van der Waals surface area (Å²) in [5.41, 5.74) is 0.993. The van der Waals surface area contributed by atoms with Crippen LogP contribution in [0.25, 0.3) is 0 Å². The van der Waals surface area contributed by atoms with E-state index in [0.29, 0.717) is 12.8 Å². The lowest BCUT2D eigenvalue weighted by atomic mass is 9.95. The third-order valence-corrected chi connectivity index (χ3v) is 3.12. The topological polar surface area (TPSA) is 44.1 Å². The minimum Gasteiger partial charge on any atom is -0.343 e. The minimum atomic E-state index is -0.189. The predicted octanol–water partition coefficient (Wildman–Crippen LogP) is 2.94. The van der Waals surface area contributed by atoms with Gasteiger partial charge >= 0.3 is 0 Å². The number of benzene rings is 1. The Bertz CT molecular complexity index is 404. The third kappa shape index (κ3) is 3.89. The fourth-order valence-electron chi connectivity index (χ4n) is 1.99. The number of nitriles is 1. The Kier molecular flexibility index (Phi) is 5.93. The highest BCUT2D eigenvalue weighted by molar-refractivity contribution is 5.76. The maximum Gasteiger partial charge on any atom is 0.222 e.